The van der Waals surface area contributed by atoms with E-state index in [-0.39, 0.29) is 13.1 Å². The first-order valence-electron chi connectivity index (χ1n) is 6.46. The number of likely N-dealkylation sites (tertiary alicyclic amines) is 1. The molecule has 0 aromatic heterocycles. The maximum atomic E-state index is 13.9. The average Bonchev–Trinajstić information content (AvgIpc) is 2.39. The highest BCUT2D eigenvalue weighted by molar-refractivity contribution is 6.31. The van der Waals surface area contributed by atoms with Crippen molar-refractivity contribution in [1.29, 1.82) is 0 Å². The Hall–Kier alpha value is -1.21. The molecule has 122 valence electrons. The number of hydrogen-bond donors (Lipinski definition) is 0. The smallest absolute Gasteiger partial charge is 0.293 e. The van der Waals surface area contributed by atoms with Gasteiger partial charge in [-0.05, 0) is 26.0 Å². The van der Waals surface area contributed by atoms with E-state index in [0.29, 0.717) is 0 Å². The molecule has 1 unspecified atom stereocenters. The maximum Gasteiger partial charge on any atom is 0.403 e. The minimum absolute atomic E-state index is 0.152. The standard InChI is InChI=1S/C14H13ClF5NO/c1-7(14(18,19)20)21-5-13(2,6-21)12(22)8-3-4-9(16)10(15)11(8)17/h3-4,7H,5-6H2,1-2H3. The minimum atomic E-state index is -4.39. The fourth-order valence-corrected chi connectivity index (χ4v) is 2.67. The van der Waals surface area contributed by atoms with Crippen LogP contribution in [0.15, 0.2) is 12.1 Å². The number of benzene rings is 1. The van der Waals surface area contributed by atoms with Crippen molar-refractivity contribution in [1.82, 2.24) is 4.90 Å². The Morgan fingerprint density at radius 3 is 2.36 bits per heavy atom. The van der Waals surface area contributed by atoms with Crippen molar-refractivity contribution in [3.63, 3.8) is 0 Å². The highest BCUT2D eigenvalue weighted by Gasteiger charge is 2.52. The Bertz CT molecular complexity index is 610. The molecular formula is C14H13ClF5NO. The van der Waals surface area contributed by atoms with E-state index in [1.54, 1.807) is 0 Å². The Morgan fingerprint density at radius 1 is 1.32 bits per heavy atom. The van der Waals surface area contributed by atoms with Crippen LogP contribution in [0, 0.1) is 17.0 Å². The number of hydrogen-bond acceptors (Lipinski definition) is 2. The first-order valence-corrected chi connectivity index (χ1v) is 6.84. The molecule has 1 atom stereocenters. The second kappa shape index (κ2) is 5.45. The van der Waals surface area contributed by atoms with Crippen LogP contribution in [-0.2, 0) is 0 Å². The van der Waals surface area contributed by atoms with Crippen molar-refractivity contribution in [3.05, 3.63) is 34.4 Å². The van der Waals surface area contributed by atoms with Gasteiger partial charge in [0.15, 0.2) is 11.6 Å². The third-order valence-electron chi connectivity index (χ3n) is 3.95. The largest absolute Gasteiger partial charge is 0.403 e. The number of alkyl halides is 3. The Kier molecular flexibility index (Phi) is 4.25. The summed E-state index contributed by atoms with van der Waals surface area (Å²) in [7, 11) is 0. The first-order chi connectivity index (χ1) is 9.97. The Balaban J connectivity index is 2.17. The van der Waals surface area contributed by atoms with Gasteiger partial charge in [-0.2, -0.15) is 13.2 Å². The van der Waals surface area contributed by atoms with Gasteiger partial charge in [0.2, 0.25) is 0 Å². The van der Waals surface area contributed by atoms with E-state index >= 15 is 0 Å². The van der Waals surface area contributed by atoms with Crippen LogP contribution >= 0.6 is 11.6 Å². The van der Waals surface area contributed by atoms with Gasteiger partial charge in [0, 0.05) is 13.1 Å². The van der Waals surface area contributed by atoms with Gasteiger partial charge in [0.25, 0.3) is 0 Å². The molecule has 1 aromatic rings. The summed E-state index contributed by atoms with van der Waals surface area (Å²) in [6.07, 6.45) is -4.39. The van der Waals surface area contributed by atoms with E-state index in [0.717, 1.165) is 24.0 Å². The number of carbonyl (C=O) groups excluding carboxylic acids is 1. The van der Waals surface area contributed by atoms with E-state index in [1.165, 1.54) is 6.92 Å². The number of rotatable bonds is 3. The monoisotopic (exact) mass is 341 g/mol. The normalized spacial score (nSPS) is 19.6. The van der Waals surface area contributed by atoms with E-state index in [2.05, 4.69) is 0 Å². The summed E-state index contributed by atoms with van der Waals surface area (Å²) in [6.45, 7) is 2.15. The molecule has 1 saturated heterocycles. The molecular weight excluding hydrogens is 329 g/mol. The number of carbonyl (C=O) groups is 1. The highest BCUT2D eigenvalue weighted by Crippen LogP contribution is 2.39. The molecule has 1 aliphatic rings. The van der Waals surface area contributed by atoms with E-state index < -0.39 is 45.6 Å². The zero-order valence-corrected chi connectivity index (χ0v) is 12.5. The summed E-state index contributed by atoms with van der Waals surface area (Å²) < 4.78 is 64.8. The first kappa shape index (κ1) is 17.1. The molecule has 1 aromatic carbocycles. The summed E-state index contributed by atoms with van der Waals surface area (Å²) in [5.41, 5.74) is -1.56. The molecule has 0 radical (unpaired) electrons. The second-order valence-electron chi connectivity index (χ2n) is 5.74. The van der Waals surface area contributed by atoms with E-state index in [1.807, 2.05) is 0 Å². The highest BCUT2D eigenvalue weighted by atomic mass is 35.5. The Morgan fingerprint density at radius 2 is 1.86 bits per heavy atom. The summed E-state index contributed by atoms with van der Waals surface area (Å²) in [5.74, 6) is -2.87. The number of nitrogens with zero attached hydrogens (tertiary/aromatic N) is 1. The lowest BCUT2D eigenvalue weighted by Gasteiger charge is -2.49. The lowest BCUT2D eigenvalue weighted by atomic mass is 9.74. The van der Waals surface area contributed by atoms with Crippen molar-refractivity contribution in [2.24, 2.45) is 5.41 Å². The van der Waals surface area contributed by atoms with Crippen molar-refractivity contribution in [3.8, 4) is 0 Å². The average molecular weight is 342 g/mol. The second-order valence-corrected chi connectivity index (χ2v) is 6.11. The predicted molar refractivity (Wildman–Crippen MR) is 70.9 cm³/mol. The molecule has 0 spiro atoms. The van der Waals surface area contributed by atoms with E-state index in [9.17, 15) is 26.7 Å². The maximum absolute atomic E-state index is 13.9. The van der Waals surface area contributed by atoms with Crippen LogP contribution in [0.5, 0.6) is 0 Å². The lowest BCUT2D eigenvalue weighted by molar-refractivity contribution is -0.198. The quantitative estimate of drug-likeness (QED) is 0.469. The number of ketones is 1. The van der Waals surface area contributed by atoms with Gasteiger partial charge >= 0.3 is 6.18 Å². The third-order valence-corrected chi connectivity index (χ3v) is 4.30. The van der Waals surface area contributed by atoms with Crippen LogP contribution < -0.4 is 0 Å². The molecule has 2 rings (SSSR count). The van der Waals surface area contributed by atoms with Gasteiger partial charge < -0.3 is 0 Å². The van der Waals surface area contributed by atoms with Crippen molar-refractivity contribution in [2.45, 2.75) is 26.1 Å². The van der Waals surface area contributed by atoms with Crippen LogP contribution in [0.3, 0.4) is 0 Å². The summed E-state index contributed by atoms with van der Waals surface area (Å²) in [6, 6.07) is 0.131. The molecule has 8 heteroatoms. The van der Waals surface area contributed by atoms with Gasteiger partial charge in [-0.25, -0.2) is 8.78 Å². The van der Waals surface area contributed by atoms with Crippen LogP contribution in [-0.4, -0.2) is 36.0 Å². The predicted octanol–water partition coefficient (Wildman–Crippen LogP) is 4.07. The van der Waals surface area contributed by atoms with Crippen molar-refractivity contribution < 1.29 is 26.7 Å². The summed E-state index contributed by atoms with van der Waals surface area (Å²) in [4.78, 5) is 13.4. The van der Waals surface area contributed by atoms with Gasteiger partial charge in [0.1, 0.15) is 16.9 Å². The fraction of sp³-hybridized carbons (Fsp3) is 0.500. The molecule has 2 nitrogen and oxygen atoms in total. The van der Waals surface area contributed by atoms with Crippen molar-refractivity contribution >= 4 is 17.4 Å². The van der Waals surface area contributed by atoms with Crippen molar-refractivity contribution in [2.75, 3.05) is 13.1 Å². The minimum Gasteiger partial charge on any atom is -0.293 e. The fourth-order valence-electron chi connectivity index (χ4n) is 2.50. The van der Waals surface area contributed by atoms with Gasteiger partial charge in [-0.1, -0.05) is 11.6 Å². The van der Waals surface area contributed by atoms with Gasteiger partial charge in [-0.3, -0.25) is 9.69 Å². The molecule has 1 heterocycles. The molecule has 1 aliphatic heterocycles. The van der Waals surface area contributed by atoms with Gasteiger partial charge in [0.05, 0.1) is 11.0 Å². The summed E-state index contributed by atoms with van der Waals surface area (Å²) >= 11 is 5.42. The van der Waals surface area contributed by atoms with Crippen LogP contribution in [0.2, 0.25) is 5.02 Å². The zero-order chi connectivity index (χ0) is 16.9. The molecule has 0 amide bonds. The molecule has 0 N–H and O–H groups in total. The molecule has 0 aliphatic carbocycles. The lowest BCUT2D eigenvalue weighted by Crippen LogP contribution is -2.64. The van der Waals surface area contributed by atoms with Crippen LogP contribution in [0.4, 0.5) is 22.0 Å². The van der Waals surface area contributed by atoms with Gasteiger partial charge in [-0.15, -0.1) is 0 Å². The number of Topliss-reactive ketones (excluding diaryl/α,β-unsaturated/α-hetero) is 1. The van der Waals surface area contributed by atoms with Crippen LogP contribution in [0.1, 0.15) is 24.2 Å². The van der Waals surface area contributed by atoms with Crippen LogP contribution in [0.25, 0.3) is 0 Å². The van der Waals surface area contributed by atoms with E-state index in [4.69, 9.17) is 11.6 Å². The molecule has 1 fully saturated rings. The number of halogens is 6. The SMILES string of the molecule is CC(N1CC(C)(C(=O)c2ccc(F)c(Cl)c2F)C1)C(F)(F)F. The topological polar surface area (TPSA) is 20.3 Å². The molecule has 0 saturated carbocycles. The summed E-state index contributed by atoms with van der Waals surface area (Å²) in [5, 5.41) is -0.797. The molecule has 22 heavy (non-hydrogen) atoms. The molecule has 0 bridgehead atoms. The zero-order valence-electron chi connectivity index (χ0n) is 11.8. The third kappa shape index (κ3) is 2.84. The Labute approximate surface area is 128 Å².